The SMILES string of the molecule is CCCCCCCCCCCN(C(=O)CCCCCCCCCC(=O)OCc1ccccc1)[C@@H](CCC(=O)NCCOCCOCCOCCOCCOCCOCCOCCOCCOCCOCCOCCOCCOCCOCCOCCOCCOCCOCCOCCOCCOCCOCCOCCOCCC(=O)Oc1c(F)c(F)c(F)c(F)c1F)C(=O)OCc1ccccc1. The smallest absolute Gasteiger partial charge is 0.329 e. The van der Waals surface area contributed by atoms with Gasteiger partial charge in [-0.3, -0.25) is 19.2 Å². The van der Waals surface area contributed by atoms with E-state index < -0.39 is 59.2 Å². The molecule has 3 aromatic carbocycles. The number of unbranched alkanes of at least 4 members (excludes halogenated alkanes) is 14. The maximum atomic E-state index is 14.2. The second kappa shape index (κ2) is 95.9. The molecule has 0 aliphatic heterocycles. The quantitative estimate of drug-likeness (QED) is 0.0137. The lowest BCUT2D eigenvalue weighted by atomic mass is 10.0. The highest BCUT2D eigenvalue weighted by molar-refractivity contribution is 5.85. The Morgan fingerprint density at radius 1 is 0.270 bits per heavy atom. The summed E-state index contributed by atoms with van der Waals surface area (Å²) in [6.45, 7) is 22.0. The van der Waals surface area contributed by atoms with Crippen molar-refractivity contribution in [3.8, 4) is 5.75 Å². The van der Waals surface area contributed by atoms with Crippen molar-refractivity contribution < 1.29 is 174 Å². The summed E-state index contributed by atoms with van der Waals surface area (Å²) >= 11 is 0. The summed E-state index contributed by atoms with van der Waals surface area (Å²) in [5, 5.41) is 2.90. The lowest BCUT2D eigenvalue weighted by Gasteiger charge is -2.31. The lowest BCUT2D eigenvalue weighted by Crippen LogP contribution is -2.47. The molecule has 0 radical (unpaired) electrons. The molecule has 0 spiro atoms. The van der Waals surface area contributed by atoms with E-state index in [4.69, 9.17) is 123 Å². The van der Waals surface area contributed by atoms with Gasteiger partial charge >= 0.3 is 17.9 Å². The van der Waals surface area contributed by atoms with Gasteiger partial charge in [0.1, 0.15) is 19.3 Å². The largest absolute Gasteiger partial charge is 0.461 e. The number of esters is 3. The van der Waals surface area contributed by atoms with Crippen molar-refractivity contribution in [2.24, 2.45) is 0 Å². The number of hydrogen-bond acceptors (Lipinski definition) is 32. The number of nitrogens with zero attached hydrogens (tertiary/aromatic N) is 1. The molecule has 2 amide bonds. The zero-order chi connectivity index (χ0) is 98.1. The van der Waals surface area contributed by atoms with Crippen LogP contribution in [0.4, 0.5) is 22.0 Å². The van der Waals surface area contributed by atoms with Gasteiger partial charge in [0.15, 0.2) is 0 Å². The van der Waals surface area contributed by atoms with E-state index in [9.17, 15) is 45.9 Å². The number of rotatable bonds is 105. The first-order valence-corrected chi connectivity index (χ1v) is 49.0. The van der Waals surface area contributed by atoms with E-state index >= 15 is 0 Å². The molecule has 0 unspecified atom stereocenters. The predicted octanol–water partition coefficient (Wildman–Crippen LogP) is 11.7. The van der Waals surface area contributed by atoms with E-state index in [-0.39, 0.29) is 90.0 Å². The Kier molecular flexibility index (Phi) is 87.4. The summed E-state index contributed by atoms with van der Waals surface area (Å²) in [6.07, 6.45) is 16.7. The standard InChI is InChI=1S/C98H161F5N2O32/c1-2-3-4-5-6-7-11-14-23-34-105(89(107)28-21-12-9-8-10-13-22-29-90(108)135-83-85-24-17-15-18-25-85)87(98(110)136-84-86-26-19-16-20-27-86)30-31-88(106)104-33-36-112-38-40-114-42-44-116-46-48-118-50-52-120-54-56-122-58-60-124-62-64-126-66-68-128-70-72-130-74-76-132-78-80-134-82-81-133-79-77-131-75-73-129-71-69-127-67-65-125-63-61-123-59-57-121-55-53-119-51-49-117-47-45-115-43-41-113-39-37-111-35-32-91(109)137-97-95(102)93(100)92(99)94(101)96(97)103/h15-20,24-27,87H,2-14,21-23,28-84H2,1H3,(H,104,106)/t87-/m0/s1. The van der Waals surface area contributed by atoms with Gasteiger partial charge in [-0.2, -0.15) is 8.78 Å². The Morgan fingerprint density at radius 2 is 0.526 bits per heavy atom. The molecule has 3 aromatic rings. The van der Waals surface area contributed by atoms with Crippen LogP contribution >= 0.6 is 0 Å². The van der Waals surface area contributed by atoms with Crippen LogP contribution in [0.2, 0.25) is 0 Å². The fraction of sp³-hybridized carbons (Fsp3) is 0.765. The molecule has 1 atom stereocenters. The number of carbonyl (C=O) groups excluding carboxylic acids is 5. The third-order valence-electron chi connectivity index (χ3n) is 19.8. The van der Waals surface area contributed by atoms with E-state index in [0.29, 0.717) is 303 Å². The van der Waals surface area contributed by atoms with Crippen LogP contribution in [0.1, 0.15) is 153 Å². The average molecular weight is 1970 g/mol. The van der Waals surface area contributed by atoms with Crippen molar-refractivity contribution in [2.75, 3.05) is 330 Å². The van der Waals surface area contributed by atoms with Gasteiger partial charge in [0, 0.05) is 32.4 Å². The molecule has 1 N–H and O–H groups in total. The van der Waals surface area contributed by atoms with E-state index in [2.05, 4.69) is 17.0 Å². The minimum Gasteiger partial charge on any atom is -0.461 e. The van der Waals surface area contributed by atoms with Crippen molar-refractivity contribution in [3.63, 3.8) is 0 Å². The molecule has 0 saturated carbocycles. The minimum absolute atomic E-state index is 0.0372. The maximum absolute atomic E-state index is 14.2. The molecule has 34 nitrogen and oxygen atoms in total. The summed E-state index contributed by atoms with van der Waals surface area (Å²) in [7, 11) is 0. The molecular formula is C98H161F5N2O32. The first-order valence-electron chi connectivity index (χ1n) is 49.0. The lowest BCUT2D eigenvalue weighted by molar-refractivity contribution is -0.157. The van der Waals surface area contributed by atoms with Crippen LogP contribution in [0.3, 0.4) is 0 Å². The third kappa shape index (κ3) is 77.0. The van der Waals surface area contributed by atoms with Crippen molar-refractivity contribution in [1.82, 2.24) is 10.2 Å². The number of halogens is 5. The second-order valence-corrected chi connectivity index (χ2v) is 30.9. The highest BCUT2D eigenvalue weighted by Gasteiger charge is 2.32. The van der Waals surface area contributed by atoms with Gasteiger partial charge in [0.2, 0.25) is 46.6 Å². The summed E-state index contributed by atoms with van der Waals surface area (Å²) < 4.78 is 215. The zero-order valence-electron chi connectivity index (χ0n) is 81.4. The number of nitrogens with one attached hydrogen (secondary N) is 1. The van der Waals surface area contributed by atoms with E-state index in [1.54, 1.807) is 4.90 Å². The Bertz CT molecular complexity index is 3230. The van der Waals surface area contributed by atoms with Gasteiger partial charge in [0.05, 0.1) is 324 Å². The Balaban J connectivity index is 0.964. The van der Waals surface area contributed by atoms with Gasteiger partial charge in [-0.1, -0.05) is 151 Å². The van der Waals surface area contributed by atoms with Crippen LogP contribution in [0.5, 0.6) is 5.75 Å². The number of hydrogen-bond donors (Lipinski definition) is 1. The average Bonchev–Trinajstić information content (AvgIpc) is 0.795. The normalized spacial score (nSPS) is 11.8. The summed E-state index contributed by atoms with van der Waals surface area (Å²) in [6, 6.07) is 18.2. The minimum atomic E-state index is -2.36. The highest BCUT2D eigenvalue weighted by atomic mass is 19.2. The summed E-state index contributed by atoms with van der Waals surface area (Å²) in [4.78, 5) is 67.1. The van der Waals surface area contributed by atoms with Crippen LogP contribution in [-0.4, -0.2) is 371 Å². The molecule has 3 rings (SSSR count). The molecule has 0 fully saturated rings. The van der Waals surface area contributed by atoms with Gasteiger partial charge in [0.25, 0.3) is 0 Å². The number of benzene rings is 3. The molecule has 39 heteroatoms. The van der Waals surface area contributed by atoms with Gasteiger partial charge in [-0.15, -0.1) is 0 Å². The van der Waals surface area contributed by atoms with Crippen LogP contribution < -0.4 is 10.1 Å². The fourth-order valence-electron chi connectivity index (χ4n) is 12.4. The molecule has 137 heavy (non-hydrogen) atoms. The fourth-order valence-corrected chi connectivity index (χ4v) is 12.4. The topological polar surface area (TPSA) is 350 Å². The number of carbonyl (C=O) groups is 5. The molecule has 0 aromatic heterocycles. The highest BCUT2D eigenvalue weighted by Crippen LogP contribution is 2.30. The van der Waals surface area contributed by atoms with Gasteiger partial charge in [-0.25, -0.2) is 18.0 Å². The summed E-state index contributed by atoms with van der Waals surface area (Å²) in [5.41, 5.74) is 1.81. The molecule has 0 bridgehead atoms. The molecular weight excluding hydrogens is 1810 g/mol. The van der Waals surface area contributed by atoms with Crippen LogP contribution in [-0.2, 0) is 160 Å². The van der Waals surface area contributed by atoms with Crippen molar-refractivity contribution in [3.05, 3.63) is 101 Å². The van der Waals surface area contributed by atoms with Crippen molar-refractivity contribution in [2.45, 2.75) is 161 Å². The van der Waals surface area contributed by atoms with Crippen LogP contribution in [0, 0.1) is 29.1 Å². The van der Waals surface area contributed by atoms with Crippen LogP contribution in [0.15, 0.2) is 60.7 Å². The Hall–Kier alpha value is -6.30. The Labute approximate surface area is 808 Å². The van der Waals surface area contributed by atoms with Crippen molar-refractivity contribution >= 4 is 29.7 Å². The maximum Gasteiger partial charge on any atom is 0.329 e. The molecule has 0 aliphatic carbocycles. The van der Waals surface area contributed by atoms with E-state index in [1.165, 1.54) is 32.1 Å². The van der Waals surface area contributed by atoms with Crippen molar-refractivity contribution in [1.29, 1.82) is 0 Å². The van der Waals surface area contributed by atoms with Gasteiger partial charge < -0.3 is 138 Å². The van der Waals surface area contributed by atoms with E-state index in [1.807, 2.05) is 60.7 Å². The predicted molar refractivity (Wildman–Crippen MR) is 495 cm³/mol. The summed E-state index contributed by atoms with van der Waals surface area (Å²) in [5.74, 6) is -15.2. The van der Waals surface area contributed by atoms with Gasteiger partial charge in [-0.05, 0) is 36.8 Å². The third-order valence-corrected chi connectivity index (χ3v) is 19.8. The first kappa shape index (κ1) is 125. The monoisotopic (exact) mass is 1970 g/mol. The number of ether oxygens (including phenoxy) is 27. The molecule has 0 heterocycles. The van der Waals surface area contributed by atoms with E-state index in [0.717, 1.165) is 75.3 Å². The zero-order valence-corrected chi connectivity index (χ0v) is 81.4. The molecule has 0 aliphatic rings. The second-order valence-electron chi connectivity index (χ2n) is 30.9. The number of amides is 2. The first-order chi connectivity index (χ1) is 67.4. The van der Waals surface area contributed by atoms with Crippen LogP contribution in [0.25, 0.3) is 0 Å². The molecule has 790 valence electrons. The molecule has 0 saturated heterocycles. The Morgan fingerprint density at radius 3 is 0.832 bits per heavy atom.